The lowest BCUT2D eigenvalue weighted by Gasteiger charge is -2.09. The third-order valence-corrected chi connectivity index (χ3v) is 3.28. The number of ketones is 1. The molecule has 19 heavy (non-hydrogen) atoms. The van der Waals surface area contributed by atoms with Gasteiger partial charge < -0.3 is 9.84 Å². The van der Waals surface area contributed by atoms with Gasteiger partial charge in [0, 0.05) is 5.56 Å². The molecule has 2 rings (SSSR count). The summed E-state index contributed by atoms with van der Waals surface area (Å²) in [5, 5.41) is 10.1. The lowest BCUT2D eigenvalue weighted by atomic mass is 10.0. The summed E-state index contributed by atoms with van der Waals surface area (Å²) in [7, 11) is 1.59. The van der Waals surface area contributed by atoms with Crippen molar-refractivity contribution < 1.29 is 14.6 Å². The minimum Gasteiger partial charge on any atom is -0.506 e. The molecule has 2 aromatic carbocycles. The minimum atomic E-state index is -0.222. The number of Topliss-reactive ketones (excluding diaryl/α,β-unsaturated/α-hetero) is 1. The molecule has 0 spiro atoms. The number of carbonyl (C=O) groups excluding carboxylic acids is 1. The standard InChI is InChI=1S/C15H13ClO3/c1-9(17)12-7-8-13(14(16)15(12)18)10-3-5-11(19-2)6-4-10/h3-8,18H,1-2H3. The van der Waals surface area contributed by atoms with E-state index in [1.54, 1.807) is 19.2 Å². The fourth-order valence-corrected chi connectivity index (χ4v) is 2.12. The van der Waals surface area contributed by atoms with E-state index >= 15 is 0 Å². The zero-order valence-electron chi connectivity index (χ0n) is 10.6. The van der Waals surface area contributed by atoms with Crippen LogP contribution in [0.15, 0.2) is 36.4 Å². The Kier molecular flexibility index (Phi) is 3.76. The van der Waals surface area contributed by atoms with E-state index < -0.39 is 0 Å². The molecule has 0 aliphatic carbocycles. The Balaban J connectivity index is 2.50. The third kappa shape index (κ3) is 2.56. The molecular weight excluding hydrogens is 264 g/mol. The molecule has 0 radical (unpaired) electrons. The molecule has 3 nitrogen and oxygen atoms in total. The highest BCUT2D eigenvalue weighted by Gasteiger charge is 2.14. The van der Waals surface area contributed by atoms with Crippen LogP contribution < -0.4 is 4.74 Å². The van der Waals surface area contributed by atoms with E-state index in [1.165, 1.54) is 6.92 Å². The molecule has 0 aromatic heterocycles. The van der Waals surface area contributed by atoms with Crippen LogP contribution in [0.5, 0.6) is 11.5 Å². The van der Waals surface area contributed by atoms with Gasteiger partial charge in [-0.15, -0.1) is 0 Å². The van der Waals surface area contributed by atoms with Crippen molar-refractivity contribution in [3.63, 3.8) is 0 Å². The molecule has 0 aliphatic rings. The molecule has 4 heteroatoms. The van der Waals surface area contributed by atoms with E-state index in [2.05, 4.69) is 0 Å². The van der Waals surface area contributed by atoms with E-state index in [4.69, 9.17) is 16.3 Å². The van der Waals surface area contributed by atoms with Crippen molar-refractivity contribution in [2.24, 2.45) is 0 Å². The second kappa shape index (κ2) is 5.33. The number of carbonyl (C=O) groups is 1. The van der Waals surface area contributed by atoms with Crippen LogP contribution in [0.4, 0.5) is 0 Å². The Morgan fingerprint density at radius 1 is 1.16 bits per heavy atom. The average Bonchev–Trinajstić information content (AvgIpc) is 2.41. The molecule has 0 atom stereocenters. The number of hydrogen-bond donors (Lipinski definition) is 1. The Hall–Kier alpha value is -2.00. The number of halogens is 1. The van der Waals surface area contributed by atoms with Gasteiger partial charge in [-0.2, -0.15) is 0 Å². The van der Waals surface area contributed by atoms with Gasteiger partial charge in [-0.25, -0.2) is 0 Å². The molecule has 0 heterocycles. The largest absolute Gasteiger partial charge is 0.506 e. The molecule has 0 bridgehead atoms. The smallest absolute Gasteiger partial charge is 0.163 e. The number of phenols is 1. The SMILES string of the molecule is COc1ccc(-c2ccc(C(C)=O)c(O)c2Cl)cc1. The summed E-state index contributed by atoms with van der Waals surface area (Å²) in [6, 6.07) is 10.6. The monoisotopic (exact) mass is 276 g/mol. The van der Waals surface area contributed by atoms with Crippen LogP contribution in [0.25, 0.3) is 11.1 Å². The first-order valence-corrected chi connectivity index (χ1v) is 6.09. The molecule has 98 valence electrons. The summed E-state index contributed by atoms with van der Waals surface area (Å²) >= 11 is 6.12. The van der Waals surface area contributed by atoms with E-state index in [9.17, 15) is 9.90 Å². The Morgan fingerprint density at radius 3 is 2.32 bits per heavy atom. The van der Waals surface area contributed by atoms with Gasteiger partial charge in [0.1, 0.15) is 11.5 Å². The van der Waals surface area contributed by atoms with E-state index in [0.29, 0.717) is 5.56 Å². The van der Waals surface area contributed by atoms with Gasteiger partial charge in [0.2, 0.25) is 0 Å². The maximum absolute atomic E-state index is 11.3. The van der Waals surface area contributed by atoms with Crippen LogP contribution in [0.2, 0.25) is 5.02 Å². The lowest BCUT2D eigenvalue weighted by molar-refractivity contribution is 0.101. The Bertz CT molecular complexity index is 618. The van der Waals surface area contributed by atoms with Crippen LogP contribution in [-0.2, 0) is 0 Å². The number of phenolic OH excluding ortho intramolecular Hbond substituents is 1. The van der Waals surface area contributed by atoms with E-state index in [1.807, 2.05) is 24.3 Å². The molecule has 2 aromatic rings. The normalized spacial score (nSPS) is 10.3. The van der Waals surface area contributed by atoms with Crippen LogP contribution >= 0.6 is 11.6 Å². The topological polar surface area (TPSA) is 46.5 Å². The van der Waals surface area contributed by atoms with Crippen molar-refractivity contribution >= 4 is 17.4 Å². The fourth-order valence-electron chi connectivity index (χ4n) is 1.84. The summed E-state index contributed by atoms with van der Waals surface area (Å²) in [4.78, 5) is 11.3. The van der Waals surface area contributed by atoms with Crippen molar-refractivity contribution in [3.8, 4) is 22.6 Å². The summed E-state index contributed by atoms with van der Waals surface area (Å²) in [5.41, 5.74) is 1.74. The molecule has 0 saturated carbocycles. The Morgan fingerprint density at radius 2 is 1.79 bits per heavy atom. The summed E-state index contributed by atoms with van der Waals surface area (Å²) in [6.07, 6.45) is 0. The highest BCUT2D eigenvalue weighted by atomic mass is 35.5. The van der Waals surface area contributed by atoms with Crippen molar-refractivity contribution in [3.05, 3.63) is 47.0 Å². The highest BCUT2D eigenvalue weighted by molar-refractivity contribution is 6.35. The third-order valence-electron chi connectivity index (χ3n) is 2.90. The lowest BCUT2D eigenvalue weighted by Crippen LogP contribution is -1.94. The van der Waals surface area contributed by atoms with Crippen molar-refractivity contribution in [1.82, 2.24) is 0 Å². The zero-order valence-corrected chi connectivity index (χ0v) is 11.4. The first-order chi connectivity index (χ1) is 9.04. The van der Waals surface area contributed by atoms with Crippen LogP contribution in [0.3, 0.4) is 0 Å². The average molecular weight is 277 g/mol. The molecular formula is C15H13ClO3. The highest BCUT2D eigenvalue weighted by Crippen LogP contribution is 2.37. The number of ether oxygens (including phenoxy) is 1. The number of benzene rings is 2. The quantitative estimate of drug-likeness (QED) is 0.864. The zero-order chi connectivity index (χ0) is 14.0. The van der Waals surface area contributed by atoms with Crippen LogP contribution in [0.1, 0.15) is 17.3 Å². The second-order valence-corrected chi connectivity index (χ2v) is 4.49. The van der Waals surface area contributed by atoms with E-state index in [0.717, 1.165) is 11.3 Å². The predicted octanol–water partition coefficient (Wildman–Crippen LogP) is 3.92. The van der Waals surface area contributed by atoms with Gasteiger partial charge >= 0.3 is 0 Å². The van der Waals surface area contributed by atoms with Crippen LogP contribution in [0, 0.1) is 0 Å². The van der Waals surface area contributed by atoms with Gasteiger partial charge in [-0.1, -0.05) is 29.8 Å². The number of methoxy groups -OCH3 is 1. The second-order valence-electron chi connectivity index (χ2n) is 4.11. The number of hydrogen-bond acceptors (Lipinski definition) is 3. The molecule has 0 unspecified atom stereocenters. The maximum atomic E-state index is 11.3. The minimum absolute atomic E-state index is 0.178. The molecule has 1 N–H and O–H groups in total. The van der Waals surface area contributed by atoms with Crippen molar-refractivity contribution in [2.45, 2.75) is 6.92 Å². The van der Waals surface area contributed by atoms with Crippen LogP contribution in [-0.4, -0.2) is 18.0 Å². The maximum Gasteiger partial charge on any atom is 0.163 e. The summed E-state index contributed by atoms with van der Waals surface area (Å²) < 4.78 is 5.08. The molecule has 0 amide bonds. The predicted molar refractivity (Wildman–Crippen MR) is 75.1 cm³/mol. The fraction of sp³-hybridized carbons (Fsp3) is 0.133. The van der Waals surface area contributed by atoms with E-state index in [-0.39, 0.29) is 22.1 Å². The molecule has 0 saturated heterocycles. The molecule has 0 aliphatic heterocycles. The molecule has 0 fully saturated rings. The summed E-state index contributed by atoms with van der Waals surface area (Å²) in [5.74, 6) is 0.340. The van der Waals surface area contributed by atoms with Crippen molar-refractivity contribution in [1.29, 1.82) is 0 Å². The number of aromatic hydroxyl groups is 1. The van der Waals surface area contributed by atoms with Gasteiger partial charge in [0.15, 0.2) is 5.78 Å². The van der Waals surface area contributed by atoms with Gasteiger partial charge in [0.25, 0.3) is 0 Å². The summed E-state index contributed by atoms with van der Waals surface area (Å²) in [6.45, 7) is 1.39. The van der Waals surface area contributed by atoms with Gasteiger partial charge in [-0.05, 0) is 30.7 Å². The van der Waals surface area contributed by atoms with Gasteiger partial charge in [0.05, 0.1) is 17.7 Å². The first kappa shape index (κ1) is 13.4. The number of rotatable bonds is 3. The Labute approximate surface area is 116 Å². The van der Waals surface area contributed by atoms with Gasteiger partial charge in [-0.3, -0.25) is 4.79 Å². The first-order valence-electron chi connectivity index (χ1n) is 5.71. The van der Waals surface area contributed by atoms with Crippen molar-refractivity contribution in [2.75, 3.05) is 7.11 Å².